The molecule has 8 nitrogen and oxygen atoms in total. The molecule has 3 aromatic rings. The molecule has 2 aromatic carbocycles. The maximum absolute atomic E-state index is 12.6. The first-order chi connectivity index (χ1) is 16.0. The summed E-state index contributed by atoms with van der Waals surface area (Å²) in [5.41, 5.74) is 3.87. The third-order valence-corrected chi connectivity index (χ3v) is 6.17. The summed E-state index contributed by atoms with van der Waals surface area (Å²) in [6.45, 7) is 0.140. The molecule has 33 heavy (non-hydrogen) atoms. The standard InChI is InChI=1S/C25H22N2O6/c28-21(29)13-25(10-11-25)27-23(30)22-20(9-12-32-22)26-24(31)33-14-19-17-7-3-1-5-15(17)16-6-2-4-8-18(16)19/h1-9,12,19H,10-11,13-14H2,(H,26,31)(H,27,30)(H,28,29). The molecule has 8 heteroatoms. The largest absolute Gasteiger partial charge is 0.481 e. The molecule has 0 aliphatic heterocycles. The highest BCUT2D eigenvalue weighted by atomic mass is 16.5. The van der Waals surface area contributed by atoms with Gasteiger partial charge >= 0.3 is 12.1 Å². The Hall–Kier alpha value is -4.07. The van der Waals surface area contributed by atoms with E-state index in [-0.39, 0.29) is 30.4 Å². The van der Waals surface area contributed by atoms with Gasteiger partial charge in [0.1, 0.15) is 6.61 Å². The number of carbonyl (C=O) groups is 3. The van der Waals surface area contributed by atoms with Crippen LogP contribution in [-0.4, -0.2) is 35.2 Å². The molecule has 3 N–H and O–H groups in total. The van der Waals surface area contributed by atoms with Crippen molar-refractivity contribution in [2.24, 2.45) is 0 Å². The predicted molar refractivity (Wildman–Crippen MR) is 119 cm³/mol. The second kappa shape index (κ2) is 8.12. The van der Waals surface area contributed by atoms with Crippen LogP contribution in [0.2, 0.25) is 0 Å². The smallest absolute Gasteiger partial charge is 0.411 e. The van der Waals surface area contributed by atoms with E-state index in [2.05, 4.69) is 22.8 Å². The van der Waals surface area contributed by atoms with Crippen molar-refractivity contribution in [3.05, 3.63) is 77.7 Å². The molecule has 168 valence electrons. The van der Waals surface area contributed by atoms with Crippen molar-refractivity contribution in [1.82, 2.24) is 5.32 Å². The van der Waals surface area contributed by atoms with E-state index in [4.69, 9.17) is 14.3 Å². The van der Waals surface area contributed by atoms with Crippen LogP contribution in [0.3, 0.4) is 0 Å². The number of hydrogen-bond donors (Lipinski definition) is 3. The molecule has 1 heterocycles. The topological polar surface area (TPSA) is 118 Å². The summed E-state index contributed by atoms with van der Waals surface area (Å²) in [7, 11) is 0. The number of benzene rings is 2. The first-order valence-electron chi connectivity index (χ1n) is 10.7. The fraction of sp³-hybridized carbons (Fsp3) is 0.240. The zero-order valence-electron chi connectivity index (χ0n) is 17.7. The number of nitrogens with one attached hydrogen (secondary N) is 2. The molecular weight excluding hydrogens is 424 g/mol. The Labute approximate surface area is 189 Å². The summed E-state index contributed by atoms with van der Waals surface area (Å²) in [6, 6.07) is 17.5. The Morgan fingerprint density at radius 1 is 1.00 bits per heavy atom. The third kappa shape index (κ3) is 4.07. The first-order valence-corrected chi connectivity index (χ1v) is 10.7. The molecule has 0 unspecified atom stereocenters. The number of furan rings is 1. The van der Waals surface area contributed by atoms with Crippen LogP contribution in [-0.2, 0) is 9.53 Å². The number of anilines is 1. The van der Waals surface area contributed by atoms with Crippen LogP contribution in [0.1, 0.15) is 46.9 Å². The number of carboxylic acid groups (broad SMARTS) is 1. The molecule has 1 fully saturated rings. The van der Waals surface area contributed by atoms with Crippen molar-refractivity contribution in [3.8, 4) is 11.1 Å². The lowest BCUT2D eigenvalue weighted by atomic mass is 9.98. The summed E-state index contributed by atoms with van der Waals surface area (Å²) in [6.07, 6.45) is 1.58. The van der Waals surface area contributed by atoms with Gasteiger partial charge in [-0.3, -0.25) is 14.9 Å². The first kappa shape index (κ1) is 20.8. The molecular formula is C25H22N2O6. The number of hydrogen-bond acceptors (Lipinski definition) is 5. The summed E-state index contributed by atoms with van der Waals surface area (Å²) in [5.74, 6) is -1.74. The van der Waals surface area contributed by atoms with E-state index in [0.717, 1.165) is 22.3 Å². The van der Waals surface area contributed by atoms with Gasteiger partial charge in [0.15, 0.2) is 0 Å². The van der Waals surface area contributed by atoms with Crippen molar-refractivity contribution in [2.45, 2.75) is 30.7 Å². The molecule has 0 atom stereocenters. The van der Waals surface area contributed by atoms with Crippen LogP contribution in [0, 0.1) is 0 Å². The van der Waals surface area contributed by atoms with Gasteiger partial charge in [-0.1, -0.05) is 48.5 Å². The average Bonchev–Trinajstić information content (AvgIpc) is 3.24. The second-order valence-electron chi connectivity index (χ2n) is 8.42. The summed E-state index contributed by atoms with van der Waals surface area (Å²) in [4.78, 5) is 36.1. The van der Waals surface area contributed by atoms with E-state index in [1.807, 2.05) is 36.4 Å². The normalized spacial score (nSPS) is 15.3. The molecule has 0 saturated heterocycles. The number of aliphatic carboxylic acids is 1. The van der Waals surface area contributed by atoms with Crippen molar-refractivity contribution in [1.29, 1.82) is 0 Å². The Morgan fingerprint density at radius 2 is 1.64 bits per heavy atom. The minimum absolute atomic E-state index is 0.0824. The summed E-state index contributed by atoms with van der Waals surface area (Å²) in [5, 5.41) is 14.3. The number of ether oxygens (including phenoxy) is 1. The SMILES string of the molecule is O=C(O)CC1(NC(=O)c2occc2NC(=O)OCC2c3ccccc3-c3ccccc32)CC1. The second-order valence-corrected chi connectivity index (χ2v) is 8.42. The van der Waals surface area contributed by atoms with E-state index in [1.165, 1.54) is 12.3 Å². The minimum Gasteiger partial charge on any atom is -0.481 e. The zero-order chi connectivity index (χ0) is 23.0. The molecule has 1 aromatic heterocycles. The minimum atomic E-state index is -0.982. The highest BCUT2D eigenvalue weighted by Crippen LogP contribution is 2.44. The Bertz CT molecular complexity index is 1200. The van der Waals surface area contributed by atoms with Crippen LogP contribution < -0.4 is 10.6 Å². The molecule has 2 aliphatic rings. The quantitative estimate of drug-likeness (QED) is 0.496. The monoisotopic (exact) mass is 446 g/mol. The molecule has 1 saturated carbocycles. The highest BCUT2D eigenvalue weighted by Gasteiger charge is 2.46. The van der Waals surface area contributed by atoms with Gasteiger partial charge in [0, 0.05) is 12.0 Å². The van der Waals surface area contributed by atoms with Crippen molar-refractivity contribution in [3.63, 3.8) is 0 Å². The van der Waals surface area contributed by atoms with Crippen molar-refractivity contribution < 1.29 is 28.6 Å². The molecule has 0 spiro atoms. The van der Waals surface area contributed by atoms with Crippen LogP contribution in [0.5, 0.6) is 0 Å². The van der Waals surface area contributed by atoms with Gasteiger partial charge in [0.25, 0.3) is 5.91 Å². The van der Waals surface area contributed by atoms with Crippen LogP contribution in [0.25, 0.3) is 11.1 Å². The maximum atomic E-state index is 12.6. The fourth-order valence-electron chi connectivity index (χ4n) is 4.41. The van der Waals surface area contributed by atoms with Gasteiger partial charge in [-0.15, -0.1) is 0 Å². The van der Waals surface area contributed by atoms with E-state index < -0.39 is 23.5 Å². The lowest BCUT2D eigenvalue weighted by Gasteiger charge is -2.16. The lowest BCUT2D eigenvalue weighted by molar-refractivity contribution is -0.137. The Morgan fingerprint density at radius 3 is 2.24 bits per heavy atom. The van der Waals surface area contributed by atoms with Gasteiger partial charge in [-0.05, 0) is 35.1 Å². The van der Waals surface area contributed by atoms with Crippen LogP contribution in [0.15, 0.2) is 65.3 Å². The third-order valence-electron chi connectivity index (χ3n) is 6.17. The molecule has 0 radical (unpaired) electrons. The van der Waals surface area contributed by atoms with Crippen molar-refractivity contribution >= 4 is 23.7 Å². The van der Waals surface area contributed by atoms with E-state index in [9.17, 15) is 14.4 Å². The predicted octanol–water partition coefficient (Wildman–Crippen LogP) is 4.38. The van der Waals surface area contributed by atoms with E-state index in [1.54, 1.807) is 0 Å². The van der Waals surface area contributed by atoms with E-state index in [0.29, 0.717) is 12.8 Å². The molecule has 0 bridgehead atoms. The number of amides is 2. The number of fused-ring (bicyclic) bond motifs is 3. The molecule has 2 aliphatic carbocycles. The van der Waals surface area contributed by atoms with E-state index >= 15 is 0 Å². The van der Waals surface area contributed by atoms with Gasteiger partial charge in [0.2, 0.25) is 5.76 Å². The van der Waals surface area contributed by atoms with Crippen LogP contribution >= 0.6 is 0 Å². The van der Waals surface area contributed by atoms with Gasteiger partial charge < -0.3 is 19.6 Å². The number of carbonyl (C=O) groups excluding carboxylic acids is 2. The number of carboxylic acids is 1. The average molecular weight is 446 g/mol. The Kier molecular flexibility index (Phi) is 5.12. The molecule has 5 rings (SSSR count). The number of rotatable bonds is 7. The summed E-state index contributed by atoms with van der Waals surface area (Å²) < 4.78 is 10.8. The lowest BCUT2D eigenvalue weighted by Crippen LogP contribution is -2.38. The van der Waals surface area contributed by atoms with Crippen LogP contribution in [0.4, 0.5) is 10.5 Å². The summed E-state index contributed by atoms with van der Waals surface area (Å²) >= 11 is 0. The highest BCUT2D eigenvalue weighted by molar-refractivity contribution is 6.01. The van der Waals surface area contributed by atoms with Gasteiger partial charge in [-0.2, -0.15) is 0 Å². The zero-order valence-corrected chi connectivity index (χ0v) is 17.7. The van der Waals surface area contributed by atoms with Gasteiger partial charge in [-0.25, -0.2) is 4.79 Å². The maximum Gasteiger partial charge on any atom is 0.411 e. The van der Waals surface area contributed by atoms with Crippen molar-refractivity contribution in [2.75, 3.05) is 11.9 Å². The Balaban J connectivity index is 1.24. The fourth-order valence-corrected chi connectivity index (χ4v) is 4.41. The molecule has 2 amide bonds. The van der Waals surface area contributed by atoms with Gasteiger partial charge in [0.05, 0.1) is 23.9 Å².